The monoisotopic (exact) mass is 375 g/mol. The van der Waals surface area contributed by atoms with Gasteiger partial charge in [-0.2, -0.15) is 0 Å². The maximum Gasteiger partial charge on any atom is 0.224 e. The summed E-state index contributed by atoms with van der Waals surface area (Å²) in [6.45, 7) is 1.94. The summed E-state index contributed by atoms with van der Waals surface area (Å²) in [4.78, 5) is 38.7. The molecule has 25 heavy (non-hydrogen) atoms. The van der Waals surface area contributed by atoms with Crippen molar-refractivity contribution in [1.29, 1.82) is 0 Å². The highest BCUT2D eigenvalue weighted by Crippen LogP contribution is 2.19. The van der Waals surface area contributed by atoms with Crippen LogP contribution in [0, 0.1) is 6.92 Å². The van der Waals surface area contributed by atoms with E-state index in [2.05, 4.69) is 5.32 Å². The molecule has 1 heterocycles. The number of benzene rings is 1. The lowest BCUT2D eigenvalue weighted by atomic mass is 10.1. The minimum absolute atomic E-state index is 0.00946. The fraction of sp³-hybridized carbons (Fsp3) is 0.316. The van der Waals surface area contributed by atoms with Crippen LogP contribution in [0.4, 0.5) is 5.69 Å². The molecule has 1 amide bonds. The lowest BCUT2D eigenvalue weighted by Gasteiger charge is -2.05. The molecular weight excluding hydrogens is 354 g/mol. The summed E-state index contributed by atoms with van der Waals surface area (Å²) < 4.78 is 0. The third kappa shape index (κ3) is 6.48. The van der Waals surface area contributed by atoms with Gasteiger partial charge in [0.2, 0.25) is 5.91 Å². The summed E-state index contributed by atoms with van der Waals surface area (Å²) in [5.74, 6) is -0.259. The third-order valence-electron chi connectivity index (χ3n) is 3.65. The molecule has 1 aromatic heterocycles. The Labute approximate surface area is 156 Å². The topological polar surface area (TPSA) is 63.2 Å². The fourth-order valence-corrected chi connectivity index (χ4v) is 3.48. The number of rotatable bonds is 9. The van der Waals surface area contributed by atoms with E-state index < -0.39 is 0 Å². The van der Waals surface area contributed by atoms with Gasteiger partial charge in [-0.25, -0.2) is 0 Å². The molecule has 1 aromatic carbocycles. The first-order valence-electron chi connectivity index (χ1n) is 8.03. The predicted molar refractivity (Wildman–Crippen MR) is 104 cm³/mol. The summed E-state index contributed by atoms with van der Waals surface area (Å²) in [7, 11) is 0. The van der Waals surface area contributed by atoms with Gasteiger partial charge in [0.25, 0.3) is 0 Å². The number of thioether (sulfide) groups is 1. The van der Waals surface area contributed by atoms with Crippen molar-refractivity contribution in [2.45, 2.75) is 37.5 Å². The fourth-order valence-electron chi connectivity index (χ4n) is 2.24. The van der Waals surface area contributed by atoms with E-state index in [1.807, 2.05) is 43.5 Å². The number of carbonyl (C=O) groups excluding carboxylic acids is 3. The Hall–Kier alpha value is -1.92. The standard InChI is InChI=1S/C19H21NO3S2/c1-13-3-11-18(25-13)17(22)10-6-15(21)7-12-19(23)20-14-4-8-16(24-2)9-5-14/h3-5,8-9,11H,6-7,10,12H2,1-2H3,(H,20,23). The maximum absolute atomic E-state index is 12.0. The van der Waals surface area contributed by atoms with Gasteiger partial charge in [0.1, 0.15) is 5.78 Å². The number of hydrogen-bond donors (Lipinski definition) is 1. The van der Waals surface area contributed by atoms with Gasteiger partial charge in [-0.05, 0) is 49.6 Å². The van der Waals surface area contributed by atoms with Crippen LogP contribution >= 0.6 is 23.1 Å². The lowest BCUT2D eigenvalue weighted by Crippen LogP contribution is -2.13. The second kappa shape index (κ2) is 9.53. The first kappa shape index (κ1) is 19.4. The molecule has 0 saturated carbocycles. The molecule has 6 heteroatoms. The lowest BCUT2D eigenvalue weighted by molar-refractivity contribution is -0.122. The molecule has 0 spiro atoms. The van der Waals surface area contributed by atoms with E-state index in [4.69, 9.17) is 0 Å². The van der Waals surface area contributed by atoms with Crippen molar-refractivity contribution in [2.75, 3.05) is 11.6 Å². The average Bonchev–Trinajstić information content (AvgIpc) is 3.05. The van der Waals surface area contributed by atoms with Crippen molar-refractivity contribution in [3.05, 3.63) is 46.2 Å². The zero-order valence-corrected chi connectivity index (χ0v) is 16.0. The van der Waals surface area contributed by atoms with Crippen LogP contribution in [0.15, 0.2) is 41.3 Å². The quantitative estimate of drug-likeness (QED) is 0.508. The smallest absolute Gasteiger partial charge is 0.224 e. The Balaban J connectivity index is 1.70. The maximum atomic E-state index is 12.0. The molecule has 0 saturated heterocycles. The van der Waals surface area contributed by atoms with Crippen LogP contribution in [-0.2, 0) is 9.59 Å². The van der Waals surface area contributed by atoms with Crippen LogP contribution in [0.5, 0.6) is 0 Å². The molecule has 1 N–H and O–H groups in total. The highest BCUT2D eigenvalue weighted by Gasteiger charge is 2.12. The van der Waals surface area contributed by atoms with E-state index >= 15 is 0 Å². The number of hydrogen-bond acceptors (Lipinski definition) is 5. The van der Waals surface area contributed by atoms with Crippen molar-refractivity contribution in [3.63, 3.8) is 0 Å². The predicted octanol–water partition coefficient (Wildman–Crippen LogP) is 4.73. The molecule has 2 rings (SSSR count). The first-order valence-corrected chi connectivity index (χ1v) is 10.1. The van der Waals surface area contributed by atoms with Crippen molar-refractivity contribution in [3.8, 4) is 0 Å². The SMILES string of the molecule is CSc1ccc(NC(=O)CCC(=O)CCC(=O)c2ccc(C)s2)cc1. The Morgan fingerprint density at radius 2 is 1.64 bits per heavy atom. The number of amides is 1. The Morgan fingerprint density at radius 1 is 0.960 bits per heavy atom. The van der Waals surface area contributed by atoms with Gasteiger partial charge >= 0.3 is 0 Å². The van der Waals surface area contributed by atoms with E-state index in [0.29, 0.717) is 4.88 Å². The minimum atomic E-state index is -0.189. The number of carbonyl (C=O) groups is 3. The zero-order valence-electron chi connectivity index (χ0n) is 14.3. The molecule has 2 aromatic rings. The van der Waals surface area contributed by atoms with Crippen molar-refractivity contribution in [1.82, 2.24) is 0 Å². The second-order valence-electron chi connectivity index (χ2n) is 5.65. The molecule has 0 aliphatic carbocycles. The van der Waals surface area contributed by atoms with E-state index in [1.54, 1.807) is 17.8 Å². The zero-order chi connectivity index (χ0) is 18.2. The number of aryl methyl sites for hydroxylation is 1. The Kier molecular flexibility index (Phi) is 7.40. The molecule has 0 fully saturated rings. The normalized spacial score (nSPS) is 10.5. The molecule has 0 aliphatic heterocycles. The summed E-state index contributed by atoms with van der Waals surface area (Å²) in [6, 6.07) is 11.2. The largest absolute Gasteiger partial charge is 0.326 e. The number of anilines is 1. The molecule has 0 radical (unpaired) electrons. The molecule has 0 atom stereocenters. The van der Waals surface area contributed by atoms with Gasteiger partial charge in [0, 0.05) is 41.1 Å². The van der Waals surface area contributed by atoms with Gasteiger partial charge in [-0.3, -0.25) is 14.4 Å². The molecule has 0 aliphatic rings. The molecule has 0 unspecified atom stereocenters. The van der Waals surface area contributed by atoms with Crippen molar-refractivity contribution < 1.29 is 14.4 Å². The van der Waals surface area contributed by atoms with E-state index in [1.165, 1.54) is 11.3 Å². The number of ketones is 2. The van der Waals surface area contributed by atoms with Crippen LogP contribution in [-0.4, -0.2) is 23.7 Å². The Morgan fingerprint density at radius 3 is 2.24 bits per heavy atom. The van der Waals surface area contributed by atoms with Gasteiger partial charge in [0.05, 0.1) is 4.88 Å². The van der Waals surface area contributed by atoms with E-state index in [-0.39, 0.29) is 43.2 Å². The Bertz CT molecular complexity index is 750. The first-order chi connectivity index (χ1) is 12.0. The van der Waals surface area contributed by atoms with Crippen LogP contribution in [0.25, 0.3) is 0 Å². The highest BCUT2D eigenvalue weighted by molar-refractivity contribution is 7.98. The molecule has 132 valence electrons. The van der Waals surface area contributed by atoms with Crippen molar-refractivity contribution in [2.24, 2.45) is 0 Å². The van der Waals surface area contributed by atoms with Gasteiger partial charge < -0.3 is 5.32 Å². The second-order valence-corrected chi connectivity index (χ2v) is 7.82. The highest BCUT2D eigenvalue weighted by atomic mass is 32.2. The van der Waals surface area contributed by atoms with Gasteiger partial charge in [0.15, 0.2) is 5.78 Å². The average molecular weight is 376 g/mol. The van der Waals surface area contributed by atoms with Crippen molar-refractivity contribution >= 4 is 46.3 Å². The summed E-state index contributed by atoms with van der Waals surface area (Å²) in [5, 5.41) is 2.78. The van der Waals surface area contributed by atoms with Gasteiger partial charge in [-0.1, -0.05) is 0 Å². The van der Waals surface area contributed by atoms with Crippen LogP contribution < -0.4 is 5.32 Å². The van der Waals surface area contributed by atoms with Gasteiger partial charge in [-0.15, -0.1) is 23.1 Å². The van der Waals surface area contributed by atoms with Crippen LogP contribution in [0.3, 0.4) is 0 Å². The molecule has 0 bridgehead atoms. The van der Waals surface area contributed by atoms with Crippen LogP contribution in [0.2, 0.25) is 0 Å². The summed E-state index contributed by atoms with van der Waals surface area (Å²) in [6.07, 6.45) is 2.67. The number of Topliss-reactive ketones (excluding diaryl/α,β-unsaturated/α-hetero) is 2. The third-order valence-corrected chi connectivity index (χ3v) is 5.44. The summed E-state index contributed by atoms with van der Waals surface area (Å²) in [5.41, 5.74) is 0.721. The molecular formula is C19H21NO3S2. The minimum Gasteiger partial charge on any atom is -0.326 e. The summed E-state index contributed by atoms with van der Waals surface area (Å²) >= 11 is 3.08. The van der Waals surface area contributed by atoms with E-state index in [9.17, 15) is 14.4 Å². The molecule has 4 nitrogen and oxygen atoms in total. The van der Waals surface area contributed by atoms with Crippen LogP contribution in [0.1, 0.15) is 40.2 Å². The number of thiophene rings is 1. The van der Waals surface area contributed by atoms with E-state index in [0.717, 1.165) is 15.5 Å². The number of nitrogens with one attached hydrogen (secondary N) is 1.